The van der Waals surface area contributed by atoms with Crippen molar-refractivity contribution in [2.75, 3.05) is 5.32 Å². The highest BCUT2D eigenvalue weighted by molar-refractivity contribution is 6.05. The summed E-state index contributed by atoms with van der Waals surface area (Å²) in [6, 6.07) is 17.4. The molecule has 0 aliphatic carbocycles. The second-order valence-electron chi connectivity index (χ2n) is 8.28. The Bertz CT molecular complexity index is 1430. The number of carbonyl (C=O) groups is 1. The number of aromatic nitrogens is 5. The summed E-state index contributed by atoms with van der Waals surface area (Å²) in [6.45, 7) is 6.13. The molecule has 1 aromatic carbocycles. The first-order valence-electron chi connectivity index (χ1n) is 10.9. The van der Waals surface area contributed by atoms with E-state index < -0.39 is 0 Å². The number of nitrogens with zero attached hydrogens (tertiary/aromatic N) is 5. The number of amides is 1. The highest BCUT2D eigenvalue weighted by Gasteiger charge is 2.21. The van der Waals surface area contributed by atoms with E-state index in [-0.39, 0.29) is 11.8 Å². The Morgan fingerprint density at radius 3 is 2.55 bits per heavy atom. The molecule has 0 spiro atoms. The number of hydrogen-bond donors (Lipinski definition) is 1. The monoisotopic (exact) mass is 436 g/mol. The highest BCUT2D eigenvalue weighted by atomic mass is 16.1. The Kier molecular flexibility index (Phi) is 5.22. The summed E-state index contributed by atoms with van der Waals surface area (Å²) in [5.41, 5.74) is 6.01. The molecule has 0 bridgehead atoms. The van der Waals surface area contributed by atoms with Crippen molar-refractivity contribution in [3.05, 3.63) is 96.2 Å². The maximum atomic E-state index is 13.1. The van der Waals surface area contributed by atoms with E-state index in [1.807, 2.05) is 92.2 Å². The van der Waals surface area contributed by atoms with E-state index in [9.17, 15) is 4.79 Å². The zero-order valence-electron chi connectivity index (χ0n) is 18.7. The molecule has 0 saturated heterocycles. The summed E-state index contributed by atoms with van der Waals surface area (Å²) < 4.78 is 3.75. The second kappa shape index (κ2) is 8.35. The van der Waals surface area contributed by atoms with Crippen LogP contribution in [0.1, 0.15) is 41.4 Å². The van der Waals surface area contributed by atoms with Crippen molar-refractivity contribution in [1.29, 1.82) is 0 Å². The summed E-state index contributed by atoms with van der Waals surface area (Å²) in [4.78, 5) is 22.2. The van der Waals surface area contributed by atoms with Gasteiger partial charge in [0.1, 0.15) is 5.65 Å². The molecule has 0 atom stereocenters. The summed E-state index contributed by atoms with van der Waals surface area (Å²) in [5.74, 6) is 0.584. The van der Waals surface area contributed by atoms with Gasteiger partial charge in [0.2, 0.25) is 0 Å². The minimum atomic E-state index is -0.197. The van der Waals surface area contributed by atoms with Crippen molar-refractivity contribution in [3.8, 4) is 17.1 Å². The molecular formula is C26H24N6O. The van der Waals surface area contributed by atoms with Crippen molar-refractivity contribution < 1.29 is 4.79 Å². The lowest BCUT2D eigenvalue weighted by Crippen LogP contribution is -2.15. The number of pyridine rings is 2. The maximum Gasteiger partial charge on any atom is 0.259 e. The predicted octanol–water partition coefficient (Wildman–Crippen LogP) is 5.27. The Balaban J connectivity index is 1.39. The molecule has 0 aliphatic rings. The fraction of sp³-hybridized carbons (Fsp3) is 0.154. The van der Waals surface area contributed by atoms with Crippen molar-refractivity contribution in [2.24, 2.45) is 0 Å². The van der Waals surface area contributed by atoms with E-state index in [1.54, 1.807) is 17.1 Å². The van der Waals surface area contributed by atoms with Gasteiger partial charge in [-0.05, 0) is 48.7 Å². The van der Waals surface area contributed by atoms with Gasteiger partial charge in [-0.1, -0.05) is 38.1 Å². The fourth-order valence-corrected chi connectivity index (χ4v) is 3.97. The second-order valence-corrected chi connectivity index (χ2v) is 8.28. The van der Waals surface area contributed by atoms with Crippen LogP contribution in [0.3, 0.4) is 0 Å². The normalized spacial score (nSPS) is 11.3. The number of fused-ring (bicyclic) bond motifs is 1. The summed E-state index contributed by atoms with van der Waals surface area (Å²) >= 11 is 0. The average Bonchev–Trinajstić information content (AvgIpc) is 3.46. The molecule has 0 saturated carbocycles. The van der Waals surface area contributed by atoms with Gasteiger partial charge in [-0.3, -0.25) is 4.79 Å². The molecule has 5 aromatic rings. The van der Waals surface area contributed by atoms with Gasteiger partial charge in [0, 0.05) is 29.8 Å². The lowest BCUT2D eigenvalue weighted by molar-refractivity contribution is 0.102. The quantitative estimate of drug-likeness (QED) is 0.407. The lowest BCUT2D eigenvalue weighted by atomic mass is 10.1. The number of aryl methyl sites for hydroxylation is 1. The molecular weight excluding hydrogens is 412 g/mol. The number of nitrogens with one attached hydrogen (secondary N) is 1. The van der Waals surface area contributed by atoms with E-state index in [0.29, 0.717) is 17.1 Å². The Hall–Kier alpha value is -4.26. The molecule has 0 unspecified atom stereocenters. The first-order valence-corrected chi connectivity index (χ1v) is 10.9. The van der Waals surface area contributed by atoms with Crippen molar-refractivity contribution in [3.63, 3.8) is 0 Å². The van der Waals surface area contributed by atoms with Gasteiger partial charge < -0.3 is 9.72 Å². The molecule has 7 nitrogen and oxygen atoms in total. The van der Waals surface area contributed by atoms with Gasteiger partial charge >= 0.3 is 0 Å². The molecule has 4 aromatic heterocycles. The number of carbonyl (C=O) groups excluding carboxylic acids is 1. The summed E-state index contributed by atoms with van der Waals surface area (Å²) in [5, 5.41) is 7.43. The number of hydrogen-bond acceptors (Lipinski definition) is 4. The van der Waals surface area contributed by atoms with Crippen LogP contribution in [0.5, 0.6) is 0 Å². The van der Waals surface area contributed by atoms with Gasteiger partial charge in [0.05, 0.1) is 23.1 Å². The highest BCUT2D eigenvalue weighted by Crippen LogP contribution is 2.25. The van der Waals surface area contributed by atoms with E-state index in [4.69, 9.17) is 4.98 Å². The Morgan fingerprint density at radius 2 is 1.85 bits per heavy atom. The third kappa shape index (κ3) is 3.89. The number of imidazole rings is 1. The minimum absolute atomic E-state index is 0.0936. The summed E-state index contributed by atoms with van der Waals surface area (Å²) in [6.07, 6.45) is 7.32. The molecule has 4 heterocycles. The van der Waals surface area contributed by atoms with E-state index >= 15 is 0 Å². The molecule has 0 radical (unpaired) electrons. The van der Waals surface area contributed by atoms with Crippen molar-refractivity contribution >= 4 is 17.2 Å². The van der Waals surface area contributed by atoms with Crippen LogP contribution in [0.15, 0.2) is 79.4 Å². The summed E-state index contributed by atoms with van der Waals surface area (Å²) in [7, 11) is 0. The van der Waals surface area contributed by atoms with E-state index in [0.717, 1.165) is 28.2 Å². The van der Waals surface area contributed by atoms with Gasteiger partial charge in [-0.15, -0.1) is 0 Å². The Labute approximate surface area is 191 Å². The van der Waals surface area contributed by atoms with E-state index in [2.05, 4.69) is 15.4 Å². The zero-order valence-corrected chi connectivity index (χ0v) is 18.7. The van der Waals surface area contributed by atoms with Crippen LogP contribution in [0, 0.1) is 6.92 Å². The van der Waals surface area contributed by atoms with Gasteiger partial charge in [0.15, 0.2) is 5.82 Å². The fourth-order valence-electron chi connectivity index (χ4n) is 3.97. The van der Waals surface area contributed by atoms with E-state index in [1.165, 1.54) is 0 Å². The maximum absolute atomic E-state index is 13.1. The average molecular weight is 437 g/mol. The SMILES string of the molecule is Cc1cccn2cc(-c3ccc(NC(=O)c4cnn(-c5ccccn5)c4C(C)C)cc3)nc12. The number of anilines is 1. The van der Waals surface area contributed by atoms with Crippen LogP contribution >= 0.6 is 0 Å². The minimum Gasteiger partial charge on any atom is -0.322 e. The van der Waals surface area contributed by atoms with Gasteiger partial charge in [0.25, 0.3) is 5.91 Å². The number of benzene rings is 1. The van der Waals surface area contributed by atoms with Crippen LogP contribution in [0.25, 0.3) is 22.7 Å². The smallest absolute Gasteiger partial charge is 0.259 e. The zero-order chi connectivity index (χ0) is 22.9. The Morgan fingerprint density at radius 1 is 1.03 bits per heavy atom. The van der Waals surface area contributed by atoms with Gasteiger partial charge in [-0.25, -0.2) is 14.6 Å². The predicted molar refractivity (Wildman–Crippen MR) is 129 cm³/mol. The van der Waals surface area contributed by atoms with Gasteiger partial charge in [-0.2, -0.15) is 5.10 Å². The molecule has 164 valence electrons. The molecule has 33 heavy (non-hydrogen) atoms. The molecule has 1 amide bonds. The van der Waals surface area contributed by atoms with Crippen LogP contribution in [-0.4, -0.2) is 30.1 Å². The largest absolute Gasteiger partial charge is 0.322 e. The van der Waals surface area contributed by atoms with Crippen LogP contribution in [0.4, 0.5) is 5.69 Å². The third-order valence-electron chi connectivity index (χ3n) is 5.58. The molecule has 7 heteroatoms. The first kappa shape index (κ1) is 20.6. The molecule has 0 fully saturated rings. The standard InChI is InChI=1S/C26H24N6O/c1-17(2)24-21(15-28-32(24)23-8-4-5-13-27-23)26(33)29-20-11-9-19(10-12-20)22-16-31-14-6-7-18(3)25(31)30-22/h4-17H,1-3H3,(H,29,33). The third-order valence-corrected chi connectivity index (χ3v) is 5.58. The van der Waals surface area contributed by atoms with Crippen LogP contribution < -0.4 is 5.32 Å². The van der Waals surface area contributed by atoms with Crippen LogP contribution in [-0.2, 0) is 0 Å². The molecule has 5 rings (SSSR count). The molecule has 0 aliphatic heterocycles. The van der Waals surface area contributed by atoms with Crippen molar-refractivity contribution in [2.45, 2.75) is 26.7 Å². The lowest BCUT2D eigenvalue weighted by Gasteiger charge is -2.12. The van der Waals surface area contributed by atoms with Crippen LogP contribution in [0.2, 0.25) is 0 Å². The number of rotatable bonds is 5. The van der Waals surface area contributed by atoms with Crippen molar-refractivity contribution in [1.82, 2.24) is 24.1 Å². The first-order chi connectivity index (χ1) is 16.0. The molecule has 1 N–H and O–H groups in total. The topological polar surface area (TPSA) is 77.1 Å².